The average molecular weight is 491 g/mol. The van der Waals surface area contributed by atoms with Crippen molar-refractivity contribution in [1.82, 2.24) is 30.8 Å². The van der Waals surface area contributed by atoms with Gasteiger partial charge in [-0.25, -0.2) is 0 Å². The smallest absolute Gasteiger partial charge is 0.453 e. The average Bonchev–Trinajstić information content (AvgIpc) is 3.25. The monoisotopic (exact) mass is 490 g/mol. The summed E-state index contributed by atoms with van der Waals surface area (Å²) in [5, 5.41) is 26.8. The van der Waals surface area contributed by atoms with Crippen LogP contribution in [-0.4, -0.2) is 37.9 Å². The fraction of sp³-hybridized carbons (Fsp3) is 0.350. The molecule has 0 saturated carbocycles. The molecule has 7 nitrogen and oxygen atoms in total. The molecule has 1 aromatic heterocycles. The van der Waals surface area contributed by atoms with Crippen molar-refractivity contribution in [3.05, 3.63) is 65.5 Å². The van der Waals surface area contributed by atoms with Gasteiger partial charge in [-0.15, -0.1) is 29.9 Å². The molecule has 4 rings (SSSR count). The standard InChI is InChI=1S/C20H21F3N6O.2ClH/c21-20(22,23)19-26-27-28-29(19)15-8-9-17(30)14(11-15)12-25-16-7-4-10-24-18(16)13-5-2-1-3-6-13;;/h1-3,5-6,8-9,11,16,18,24-25,30H,4,7,10,12H2;2*1H/t16-,18-;;/m0../s1. The van der Waals surface area contributed by atoms with Gasteiger partial charge in [-0.1, -0.05) is 30.3 Å². The quantitative estimate of drug-likeness (QED) is 0.503. The van der Waals surface area contributed by atoms with E-state index in [4.69, 9.17) is 0 Å². The molecule has 3 aromatic rings. The van der Waals surface area contributed by atoms with Crippen LogP contribution in [0.5, 0.6) is 5.75 Å². The second-order valence-corrected chi connectivity index (χ2v) is 7.20. The van der Waals surface area contributed by atoms with E-state index in [2.05, 4.69) is 38.3 Å². The molecule has 12 heteroatoms. The zero-order valence-corrected chi connectivity index (χ0v) is 18.4. The summed E-state index contributed by atoms with van der Waals surface area (Å²) < 4.78 is 40.0. The normalized spacial score (nSPS) is 18.5. The molecule has 0 unspecified atom stereocenters. The summed E-state index contributed by atoms with van der Waals surface area (Å²) in [4.78, 5) is 0. The van der Waals surface area contributed by atoms with Gasteiger partial charge in [-0.3, -0.25) is 0 Å². The highest BCUT2D eigenvalue weighted by Gasteiger charge is 2.38. The van der Waals surface area contributed by atoms with Crippen LogP contribution in [-0.2, 0) is 12.7 Å². The number of phenols is 1. The molecule has 2 heterocycles. The number of alkyl halides is 3. The predicted octanol–water partition coefficient (Wildman–Crippen LogP) is 3.81. The maximum atomic E-state index is 13.1. The van der Waals surface area contributed by atoms with Crippen LogP contribution in [0.2, 0.25) is 0 Å². The number of phenolic OH excluding ortho intramolecular Hbond substituents is 1. The number of rotatable bonds is 5. The molecule has 1 aliphatic heterocycles. The van der Waals surface area contributed by atoms with Crippen molar-refractivity contribution < 1.29 is 18.3 Å². The summed E-state index contributed by atoms with van der Waals surface area (Å²) in [6.07, 6.45) is -2.73. The highest BCUT2D eigenvalue weighted by Crippen LogP contribution is 2.30. The number of benzene rings is 2. The van der Waals surface area contributed by atoms with Crippen molar-refractivity contribution in [2.24, 2.45) is 0 Å². The van der Waals surface area contributed by atoms with E-state index < -0.39 is 12.0 Å². The lowest BCUT2D eigenvalue weighted by atomic mass is 9.92. The second-order valence-electron chi connectivity index (χ2n) is 7.20. The molecule has 0 bridgehead atoms. The van der Waals surface area contributed by atoms with Crippen LogP contribution in [0.3, 0.4) is 0 Å². The number of tetrazole rings is 1. The summed E-state index contributed by atoms with van der Waals surface area (Å²) in [7, 11) is 0. The van der Waals surface area contributed by atoms with Crippen LogP contribution in [0.15, 0.2) is 48.5 Å². The first-order valence-electron chi connectivity index (χ1n) is 9.63. The van der Waals surface area contributed by atoms with E-state index in [0.717, 1.165) is 24.9 Å². The van der Waals surface area contributed by atoms with Gasteiger partial charge in [0.25, 0.3) is 5.82 Å². The lowest BCUT2D eigenvalue weighted by Crippen LogP contribution is -2.45. The van der Waals surface area contributed by atoms with E-state index in [1.807, 2.05) is 18.2 Å². The van der Waals surface area contributed by atoms with Crippen molar-refractivity contribution in [1.29, 1.82) is 0 Å². The molecule has 174 valence electrons. The van der Waals surface area contributed by atoms with Gasteiger partial charge in [0.15, 0.2) is 0 Å². The first-order valence-corrected chi connectivity index (χ1v) is 9.63. The van der Waals surface area contributed by atoms with Crippen LogP contribution in [0.25, 0.3) is 5.69 Å². The molecule has 32 heavy (non-hydrogen) atoms. The van der Waals surface area contributed by atoms with Crippen LogP contribution < -0.4 is 10.6 Å². The summed E-state index contributed by atoms with van der Waals surface area (Å²) in [5.74, 6) is -1.22. The maximum Gasteiger partial charge on any atom is 0.453 e. The maximum absolute atomic E-state index is 13.1. The third-order valence-corrected chi connectivity index (χ3v) is 5.20. The Kier molecular flexibility index (Phi) is 8.85. The summed E-state index contributed by atoms with van der Waals surface area (Å²) >= 11 is 0. The summed E-state index contributed by atoms with van der Waals surface area (Å²) in [6, 6.07) is 14.4. The Morgan fingerprint density at radius 2 is 1.88 bits per heavy atom. The van der Waals surface area contributed by atoms with Gasteiger partial charge < -0.3 is 15.7 Å². The highest BCUT2D eigenvalue weighted by molar-refractivity contribution is 5.85. The molecular weight excluding hydrogens is 468 g/mol. The first-order chi connectivity index (χ1) is 14.4. The van der Waals surface area contributed by atoms with Gasteiger partial charge in [0, 0.05) is 24.2 Å². The van der Waals surface area contributed by atoms with E-state index in [0.29, 0.717) is 16.8 Å². The molecule has 2 atom stereocenters. The van der Waals surface area contributed by atoms with Crippen molar-refractivity contribution >= 4 is 24.8 Å². The largest absolute Gasteiger partial charge is 0.508 e. The van der Waals surface area contributed by atoms with Gasteiger partial charge in [0.1, 0.15) is 5.75 Å². The molecule has 1 fully saturated rings. The van der Waals surface area contributed by atoms with Gasteiger partial charge in [0.05, 0.1) is 5.69 Å². The van der Waals surface area contributed by atoms with Crippen LogP contribution in [0, 0.1) is 0 Å². The zero-order valence-electron chi connectivity index (χ0n) is 16.8. The highest BCUT2D eigenvalue weighted by atomic mass is 35.5. The fourth-order valence-corrected chi connectivity index (χ4v) is 3.74. The molecule has 3 N–H and O–H groups in total. The number of nitrogens with zero attached hydrogens (tertiary/aromatic N) is 4. The summed E-state index contributed by atoms with van der Waals surface area (Å²) in [6.45, 7) is 1.21. The molecule has 0 amide bonds. The molecular formula is C20H23Cl2F3N6O. The van der Waals surface area contributed by atoms with Crippen molar-refractivity contribution in [3.63, 3.8) is 0 Å². The summed E-state index contributed by atoms with van der Waals surface area (Å²) in [5.41, 5.74) is 1.76. The molecule has 0 radical (unpaired) electrons. The second kappa shape index (κ2) is 11.0. The van der Waals surface area contributed by atoms with E-state index in [1.165, 1.54) is 18.2 Å². The Labute approximate surface area is 195 Å². The van der Waals surface area contributed by atoms with E-state index in [1.54, 1.807) is 0 Å². The Balaban J connectivity index is 0.00000181. The number of aromatic nitrogens is 4. The lowest BCUT2D eigenvalue weighted by molar-refractivity contribution is -0.146. The minimum atomic E-state index is -4.68. The predicted molar refractivity (Wildman–Crippen MR) is 117 cm³/mol. The SMILES string of the molecule is Cl.Cl.Oc1ccc(-n2nnnc2C(F)(F)F)cc1CN[C@H]1CCCN[C@H]1c1ccccc1. The minimum Gasteiger partial charge on any atom is -0.508 e. The van der Waals surface area contributed by atoms with Crippen molar-refractivity contribution in [2.45, 2.75) is 37.6 Å². The van der Waals surface area contributed by atoms with Gasteiger partial charge in [-0.05, 0) is 53.6 Å². The van der Waals surface area contributed by atoms with Crippen LogP contribution in [0.4, 0.5) is 13.2 Å². The third-order valence-electron chi connectivity index (χ3n) is 5.20. The number of hydrogen-bond acceptors (Lipinski definition) is 6. The zero-order chi connectivity index (χ0) is 21.1. The Hall–Kier alpha value is -2.40. The van der Waals surface area contributed by atoms with E-state index in [-0.39, 0.29) is 48.3 Å². The van der Waals surface area contributed by atoms with Crippen molar-refractivity contribution in [2.75, 3.05) is 6.54 Å². The number of piperidine rings is 1. The Bertz CT molecular complexity index is 1000. The van der Waals surface area contributed by atoms with Gasteiger partial charge in [-0.2, -0.15) is 17.9 Å². The van der Waals surface area contributed by atoms with Gasteiger partial charge in [0.2, 0.25) is 0 Å². The van der Waals surface area contributed by atoms with Crippen LogP contribution in [0.1, 0.15) is 35.8 Å². The molecule has 2 aromatic carbocycles. The number of halogens is 5. The minimum absolute atomic E-state index is 0. The number of hydrogen-bond donors (Lipinski definition) is 3. The first kappa shape index (κ1) is 25.9. The van der Waals surface area contributed by atoms with Crippen molar-refractivity contribution in [3.8, 4) is 11.4 Å². The van der Waals surface area contributed by atoms with E-state index in [9.17, 15) is 18.3 Å². The molecule has 0 aliphatic carbocycles. The number of aromatic hydroxyl groups is 1. The van der Waals surface area contributed by atoms with E-state index >= 15 is 0 Å². The van der Waals surface area contributed by atoms with Crippen LogP contribution >= 0.6 is 24.8 Å². The molecule has 1 saturated heterocycles. The number of nitrogens with one attached hydrogen (secondary N) is 2. The third kappa shape index (κ3) is 5.69. The Morgan fingerprint density at radius 3 is 2.59 bits per heavy atom. The molecule has 0 spiro atoms. The Morgan fingerprint density at radius 1 is 1.12 bits per heavy atom. The van der Waals surface area contributed by atoms with Gasteiger partial charge >= 0.3 is 6.18 Å². The lowest BCUT2D eigenvalue weighted by Gasteiger charge is -2.34. The molecule has 1 aliphatic rings. The fourth-order valence-electron chi connectivity index (χ4n) is 3.74. The topological polar surface area (TPSA) is 87.9 Å².